The number of rotatable bonds is 10. The van der Waals surface area contributed by atoms with E-state index in [9.17, 15) is 4.79 Å². The molecular formula is C20H27NO3. The SMILES string of the molecule is CCCCCCCCC(Oc1ccc2ccccc2c1)C(=O)NO. The van der Waals surface area contributed by atoms with E-state index in [0.29, 0.717) is 12.2 Å². The molecule has 0 bridgehead atoms. The number of unbranched alkanes of at least 4 members (excludes halogenated alkanes) is 5. The minimum atomic E-state index is -0.665. The van der Waals surface area contributed by atoms with Crippen molar-refractivity contribution >= 4 is 16.7 Å². The summed E-state index contributed by atoms with van der Waals surface area (Å²) in [6, 6.07) is 13.8. The molecule has 0 spiro atoms. The lowest BCUT2D eigenvalue weighted by Crippen LogP contribution is -2.36. The number of ether oxygens (including phenoxy) is 1. The van der Waals surface area contributed by atoms with Crippen LogP contribution in [0.4, 0.5) is 0 Å². The average molecular weight is 329 g/mol. The number of carbonyl (C=O) groups is 1. The topological polar surface area (TPSA) is 58.6 Å². The standard InChI is InChI=1S/C20H27NO3/c1-2-3-4-5-6-7-12-19(20(22)21-23)24-18-14-13-16-10-8-9-11-17(16)15-18/h8-11,13-15,19,23H,2-7,12H2,1H3,(H,21,22). The maximum atomic E-state index is 11.9. The maximum Gasteiger partial charge on any atom is 0.284 e. The first-order chi connectivity index (χ1) is 11.7. The van der Waals surface area contributed by atoms with E-state index in [4.69, 9.17) is 9.94 Å². The summed E-state index contributed by atoms with van der Waals surface area (Å²) in [7, 11) is 0. The monoisotopic (exact) mass is 329 g/mol. The van der Waals surface area contributed by atoms with Crippen LogP contribution in [-0.2, 0) is 4.79 Å². The van der Waals surface area contributed by atoms with Gasteiger partial charge < -0.3 is 4.74 Å². The predicted molar refractivity (Wildman–Crippen MR) is 96.3 cm³/mol. The highest BCUT2D eigenvalue weighted by atomic mass is 16.5. The Bertz CT molecular complexity index is 642. The number of nitrogens with one attached hydrogen (secondary N) is 1. The van der Waals surface area contributed by atoms with Crippen molar-refractivity contribution in [2.45, 2.75) is 58.0 Å². The van der Waals surface area contributed by atoms with Crippen molar-refractivity contribution in [2.24, 2.45) is 0 Å². The molecule has 4 nitrogen and oxygen atoms in total. The third-order valence-corrected chi connectivity index (χ3v) is 4.22. The molecule has 0 aliphatic carbocycles. The van der Waals surface area contributed by atoms with Crippen LogP contribution >= 0.6 is 0 Å². The highest BCUT2D eigenvalue weighted by Gasteiger charge is 2.19. The summed E-state index contributed by atoms with van der Waals surface area (Å²) in [5.41, 5.74) is 1.72. The second kappa shape index (κ2) is 9.93. The van der Waals surface area contributed by atoms with Gasteiger partial charge in [-0.1, -0.05) is 69.4 Å². The van der Waals surface area contributed by atoms with Crippen molar-refractivity contribution in [1.82, 2.24) is 5.48 Å². The molecule has 0 saturated carbocycles. The van der Waals surface area contributed by atoms with Crippen LogP contribution in [0.15, 0.2) is 42.5 Å². The van der Waals surface area contributed by atoms with Gasteiger partial charge in [0.25, 0.3) is 5.91 Å². The van der Waals surface area contributed by atoms with E-state index >= 15 is 0 Å². The Morgan fingerprint density at radius 3 is 2.50 bits per heavy atom. The summed E-state index contributed by atoms with van der Waals surface area (Å²) in [5, 5.41) is 11.1. The molecule has 0 fully saturated rings. The quantitative estimate of drug-likeness (QED) is 0.372. The van der Waals surface area contributed by atoms with Crippen molar-refractivity contribution in [3.8, 4) is 5.75 Å². The minimum Gasteiger partial charge on any atom is -0.481 e. The summed E-state index contributed by atoms with van der Waals surface area (Å²) in [5.74, 6) is 0.157. The lowest BCUT2D eigenvalue weighted by atomic mass is 10.1. The smallest absolute Gasteiger partial charge is 0.284 e. The van der Waals surface area contributed by atoms with E-state index in [2.05, 4.69) is 6.92 Å². The molecule has 1 atom stereocenters. The van der Waals surface area contributed by atoms with E-state index in [1.807, 2.05) is 42.5 Å². The van der Waals surface area contributed by atoms with Gasteiger partial charge in [0.1, 0.15) is 5.75 Å². The van der Waals surface area contributed by atoms with Gasteiger partial charge in [0.05, 0.1) is 0 Å². The van der Waals surface area contributed by atoms with Crippen molar-refractivity contribution in [3.63, 3.8) is 0 Å². The molecule has 2 aromatic carbocycles. The second-order valence-corrected chi connectivity index (χ2v) is 6.15. The summed E-state index contributed by atoms with van der Waals surface area (Å²) in [4.78, 5) is 11.9. The molecule has 2 aromatic rings. The number of fused-ring (bicyclic) bond motifs is 1. The van der Waals surface area contributed by atoms with Crippen molar-refractivity contribution < 1.29 is 14.7 Å². The van der Waals surface area contributed by atoms with Crippen molar-refractivity contribution in [2.75, 3.05) is 0 Å². The van der Waals surface area contributed by atoms with E-state index in [0.717, 1.165) is 23.6 Å². The summed E-state index contributed by atoms with van der Waals surface area (Å²) < 4.78 is 5.83. The predicted octanol–water partition coefficient (Wildman–Crippen LogP) is 4.84. The van der Waals surface area contributed by atoms with Gasteiger partial charge >= 0.3 is 0 Å². The number of hydrogen-bond acceptors (Lipinski definition) is 3. The average Bonchev–Trinajstić information content (AvgIpc) is 2.62. The van der Waals surface area contributed by atoms with Crippen LogP contribution in [0, 0.1) is 0 Å². The number of hydroxylamine groups is 1. The minimum absolute atomic E-state index is 0.489. The normalized spacial score (nSPS) is 12.1. The number of carbonyl (C=O) groups excluding carboxylic acids is 1. The lowest BCUT2D eigenvalue weighted by Gasteiger charge is -2.17. The Balaban J connectivity index is 1.93. The fourth-order valence-electron chi connectivity index (χ4n) is 2.83. The zero-order chi connectivity index (χ0) is 17.2. The van der Waals surface area contributed by atoms with Gasteiger partial charge in [-0.15, -0.1) is 0 Å². The molecule has 0 radical (unpaired) electrons. The van der Waals surface area contributed by atoms with Crippen LogP contribution in [0.3, 0.4) is 0 Å². The van der Waals surface area contributed by atoms with Gasteiger partial charge in [-0.25, -0.2) is 5.48 Å². The van der Waals surface area contributed by atoms with Crippen LogP contribution in [-0.4, -0.2) is 17.2 Å². The van der Waals surface area contributed by atoms with E-state index in [1.165, 1.54) is 25.7 Å². The third kappa shape index (κ3) is 5.53. The highest BCUT2D eigenvalue weighted by Crippen LogP contribution is 2.22. The van der Waals surface area contributed by atoms with Crippen LogP contribution in [0.5, 0.6) is 5.75 Å². The highest BCUT2D eigenvalue weighted by molar-refractivity contribution is 5.84. The molecule has 2 rings (SSSR count). The van der Waals surface area contributed by atoms with Crippen LogP contribution in [0.2, 0.25) is 0 Å². The number of amides is 1. The zero-order valence-electron chi connectivity index (χ0n) is 14.3. The van der Waals surface area contributed by atoms with E-state index in [-0.39, 0.29) is 0 Å². The number of hydrogen-bond donors (Lipinski definition) is 2. The second-order valence-electron chi connectivity index (χ2n) is 6.15. The molecule has 0 aromatic heterocycles. The summed E-state index contributed by atoms with van der Waals surface area (Å²) in [6.07, 6.45) is 6.82. The Morgan fingerprint density at radius 1 is 1.04 bits per heavy atom. The van der Waals surface area contributed by atoms with Crippen molar-refractivity contribution in [1.29, 1.82) is 0 Å². The molecule has 0 saturated heterocycles. The first-order valence-electron chi connectivity index (χ1n) is 8.84. The van der Waals surface area contributed by atoms with Crippen LogP contribution in [0.1, 0.15) is 51.9 Å². The first-order valence-corrected chi connectivity index (χ1v) is 8.84. The molecule has 130 valence electrons. The largest absolute Gasteiger partial charge is 0.481 e. The Hall–Kier alpha value is -2.07. The molecular weight excluding hydrogens is 302 g/mol. The molecule has 2 N–H and O–H groups in total. The van der Waals surface area contributed by atoms with Gasteiger partial charge in [0, 0.05) is 0 Å². The van der Waals surface area contributed by atoms with Gasteiger partial charge in [-0.05, 0) is 35.7 Å². The summed E-state index contributed by atoms with van der Waals surface area (Å²) in [6.45, 7) is 2.19. The molecule has 0 aliphatic rings. The van der Waals surface area contributed by atoms with Gasteiger partial charge in [-0.3, -0.25) is 10.0 Å². The zero-order valence-corrected chi connectivity index (χ0v) is 14.3. The maximum absolute atomic E-state index is 11.9. The van der Waals surface area contributed by atoms with E-state index in [1.54, 1.807) is 5.48 Å². The van der Waals surface area contributed by atoms with Gasteiger partial charge in [0.15, 0.2) is 6.10 Å². The van der Waals surface area contributed by atoms with Crippen LogP contribution < -0.4 is 10.2 Å². The molecule has 4 heteroatoms. The number of benzene rings is 2. The molecule has 1 unspecified atom stereocenters. The van der Waals surface area contributed by atoms with Gasteiger partial charge in [0.2, 0.25) is 0 Å². The molecule has 24 heavy (non-hydrogen) atoms. The fourth-order valence-corrected chi connectivity index (χ4v) is 2.83. The molecule has 1 amide bonds. The molecule has 0 heterocycles. The van der Waals surface area contributed by atoms with Crippen molar-refractivity contribution in [3.05, 3.63) is 42.5 Å². The fraction of sp³-hybridized carbons (Fsp3) is 0.450. The van der Waals surface area contributed by atoms with Crippen LogP contribution in [0.25, 0.3) is 10.8 Å². The summed E-state index contributed by atoms with van der Waals surface area (Å²) >= 11 is 0. The third-order valence-electron chi connectivity index (χ3n) is 4.22. The van der Waals surface area contributed by atoms with Gasteiger partial charge in [-0.2, -0.15) is 0 Å². The first kappa shape index (κ1) is 18.3. The Labute approximate surface area is 143 Å². The van der Waals surface area contributed by atoms with E-state index < -0.39 is 12.0 Å². The Morgan fingerprint density at radius 2 is 1.75 bits per heavy atom. The molecule has 0 aliphatic heterocycles. The lowest BCUT2D eigenvalue weighted by molar-refractivity contribution is -0.136. The Kier molecular flexibility index (Phi) is 7.56.